The zero-order valence-electron chi connectivity index (χ0n) is 9.91. The average Bonchev–Trinajstić information content (AvgIpc) is 2.99. The Morgan fingerprint density at radius 2 is 1.67 bits per heavy atom. The fourth-order valence-electron chi connectivity index (χ4n) is 2.72. The second kappa shape index (κ2) is 4.30. The standard InChI is InChI=1S/C14H13BO2S/c1-2-6-11-10(4-1)5-3-7-12(11)15-16-13-8-18-9-14(13)17-15/h1-7,13-14H,8-9H2/t13-,14+. The Labute approximate surface area is 111 Å². The van der Waals surface area contributed by atoms with Gasteiger partial charge in [-0.15, -0.1) is 0 Å². The van der Waals surface area contributed by atoms with Crippen LogP contribution in [0.1, 0.15) is 0 Å². The lowest BCUT2D eigenvalue weighted by atomic mass is 9.76. The molecule has 2 fully saturated rings. The number of benzene rings is 2. The lowest BCUT2D eigenvalue weighted by Gasteiger charge is -2.10. The van der Waals surface area contributed by atoms with Crippen molar-refractivity contribution in [1.82, 2.24) is 0 Å². The Bertz CT molecular complexity index is 572. The predicted octanol–water partition coefficient (Wildman–Crippen LogP) is 2.07. The van der Waals surface area contributed by atoms with Crippen LogP contribution in [-0.4, -0.2) is 30.8 Å². The highest BCUT2D eigenvalue weighted by molar-refractivity contribution is 7.99. The van der Waals surface area contributed by atoms with E-state index in [-0.39, 0.29) is 19.3 Å². The van der Waals surface area contributed by atoms with Gasteiger partial charge in [0.2, 0.25) is 0 Å². The van der Waals surface area contributed by atoms with Crippen molar-refractivity contribution >= 4 is 35.1 Å². The van der Waals surface area contributed by atoms with E-state index in [4.69, 9.17) is 9.31 Å². The molecule has 0 N–H and O–H groups in total. The monoisotopic (exact) mass is 256 g/mol. The Hall–Kier alpha value is -0.965. The molecule has 2 saturated heterocycles. The molecule has 18 heavy (non-hydrogen) atoms. The zero-order valence-corrected chi connectivity index (χ0v) is 10.7. The van der Waals surface area contributed by atoms with Crippen LogP contribution in [0.4, 0.5) is 0 Å². The van der Waals surface area contributed by atoms with Gasteiger partial charge in [0, 0.05) is 11.5 Å². The Kier molecular flexibility index (Phi) is 2.61. The molecule has 2 aromatic carbocycles. The minimum absolute atomic E-state index is 0.188. The Balaban J connectivity index is 1.75. The highest BCUT2D eigenvalue weighted by Gasteiger charge is 2.44. The third-order valence-electron chi connectivity index (χ3n) is 3.65. The summed E-state index contributed by atoms with van der Waals surface area (Å²) in [6.45, 7) is 0. The SMILES string of the molecule is c1ccc2c(B3O[C@H]4CSC[C@H]4O3)cccc2c1. The van der Waals surface area contributed by atoms with Crippen LogP contribution in [0.2, 0.25) is 0 Å². The molecular formula is C14H13BO2S. The highest BCUT2D eigenvalue weighted by Crippen LogP contribution is 2.30. The first-order valence-electron chi connectivity index (χ1n) is 6.28. The van der Waals surface area contributed by atoms with Crippen LogP contribution in [0.25, 0.3) is 10.8 Å². The van der Waals surface area contributed by atoms with Gasteiger partial charge in [0.25, 0.3) is 0 Å². The molecule has 4 heteroatoms. The first-order chi connectivity index (χ1) is 8.92. The van der Waals surface area contributed by atoms with Gasteiger partial charge in [-0.05, 0) is 16.2 Å². The quantitative estimate of drug-likeness (QED) is 0.728. The van der Waals surface area contributed by atoms with E-state index in [9.17, 15) is 0 Å². The number of rotatable bonds is 1. The van der Waals surface area contributed by atoms with E-state index < -0.39 is 0 Å². The molecule has 0 bridgehead atoms. The largest absolute Gasteiger partial charge is 0.495 e. The summed E-state index contributed by atoms with van der Waals surface area (Å²) in [5.41, 5.74) is 1.16. The minimum atomic E-state index is -0.188. The molecule has 0 saturated carbocycles. The summed E-state index contributed by atoms with van der Waals surface area (Å²) in [6.07, 6.45) is 0.554. The summed E-state index contributed by atoms with van der Waals surface area (Å²) in [5, 5.41) is 2.48. The van der Waals surface area contributed by atoms with Crippen molar-refractivity contribution in [2.24, 2.45) is 0 Å². The normalized spacial score (nSPS) is 26.8. The maximum Gasteiger partial charge on any atom is 0.495 e. The van der Waals surface area contributed by atoms with Crippen molar-refractivity contribution in [3.8, 4) is 0 Å². The molecule has 90 valence electrons. The topological polar surface area (TPSA) is 18.5 Å². The summed E-state index contributed by atoms with van der Waals surface area (Å²) in [7, 11) is -0.188. The van der Waals surface area contributed by atoms with Crippen molar-refractivity contribution in [3.63, 3.8) is 0 Å². The third kappa shape index (κ3) is 1.68. The maximum absolute atomic E-state index is 6.04. The molecule has 0 spiro atoms. The first-order valence-corrected chi connectivity index (χ1v) is 7.43. The van der Waals surface area contributed by atoms with E-state index >= 15 is 0 Å². The van der Waals surface area contributed by atoms with Gasteiger partial charge in [-0.2, -0.15) is 11.8 Å². The summed E-state index contributed by atoms with van der Waals surface area (Å²) in [5.74, 6) is 2.12. The molecule has 0 aromatic heterocycles. The van der Waals surface area contributed by atoms with Gasteiger partial charge in [0.1, 0.15) is 0 Å². The average molecular weight is 256 g/mol. The van der Waals surface area contributed by atoms with Gasteiger partial charge >= 0.3 is 7.12 Å². The molecule has 2 atom stereocenters. The lowest BCUT2D eigenvalue weighted by molar-refractivity contribution is 0.205. The van der Waals surface area contributed by atoms with E-state index in [0.29, 0.717) is 0 Å². The highest BCUT2D eigenvalue weighted by atomic mass is 32.2. The van der Waals surface area contributed by atoms with Gasteiger partial charge < -0.3 is 9.31 Å². The van der Waals surface area contributed by atoms with Crippen molar-refractivity contribution in [3.05, 3.63) is 42.5 Å². The number of hydrogen-bond donors (Lipinski definition) is 0. The molecule has 0 unspecified atom stereocenters. The molecule has 2 aliphatic rings. The molecule has 0 radical (unpaired) electrons. The first kappa shape index (κ1) is 10.9. The van der Waals surface area contributed by atoms with Gasteiger partial charge in [-0.25, -0.2) is 0 Å². The smallest absolute Gasteiger partial charge is 0.401 e. The van der Waals surface area contributed by atoms with E-state index in [0.717, 1.165) is 17.0 Å². The third-order valence-corrected chi connectivity index (χ3v) is 4.78. The predicted molar refractivity (Wildman–Crippen MR) is 76.4 cm³/mol. The van der Waals surface area contributed by atoms with Gasteiger partial charge in [-0.1, -0.05) is 42.5 Å². The number of fused-ring (bicyclic) bond motifs is 2. The van der Waals surface area contributed by atoms with Gasteiger partial charge in [0.05, 0.1) is 12.2 Å². The van der Waals surface area contributed by atoms with Gasteiger partial charge in [-0.3, -0.25) is 0 Å². The number of thioether (sulfide) groups is 1. The summed E-state index contributed by atoms with van der Waals surface area (Å²) in [4.78, 5) is 0. The maximum atomic E-state index is 6.04. The van der Waals surface area contributed by atoms with Crippen LogP contribution in [0.5, 0.6) is 0 Å². The second-order valence-corrected chi connectivity index (χ2v) is 5.86. The Morgan fingerprint density at radius 1 is 0.944 bits per heavy atom. The number of hydrogen-bond acceptors (Lipinski definition) is 3. The van der Waals surface area contributed by atoms with Crippen LogP contribution < -0.4 is 5.46 Å². The molecule has 2 heterocycles. The van der Waals surface area contributed by atoms with E-state index in [1.54, 1.807) is 0 Å². The minimum Gasteiger partial charge on any atom is -0.401 e. The lowest BCUT2D eigenvalue weighted by Crippen LogP contribution is -2.33. The molecule has 4 rings (SSSR count). The molecule has 0 amide bonds. The molecule has 2 aliphatic heterocycles. The van der Waals surface area contributed by atoms with Crippen LogP contribution in [-0.2, 0) is 9.31 Å². The summed E-state index contributed by atoms with van der Waals surface area (Å²) >= 11 is 1.92. The van der Waals surface area contributed by atoms with Crippen molar-refractivity contribution in [1.29, 1.82) is 0 Å². The van der Waals surface area contributed by atoms with Crippen LogP contribution >= 0.6 is 11.8 Å². The second-order valence-electron chi connectivity index (χ2n) is 4.79. The Morgan fingerprint density at radius 3 is 2.50 bits per heavy atom. The van der Waals surface area contributed by atoms with Crippen LogP contribution in [0.3, 0.4) is 0 Å². The summed E-state index contributed by atoms with van der Waals surface area (Å²) in [6, 6.07) is 14.7. The van der Waals surface area contributed by atoms with E-state index in [1.807, 2.05) is 11.8 Å². The van der Waals surface area contributed by atoms with Crippen molar-refractivity contribution in [2.45, 2.75) is 12.2 Å². The molecule has 2 nitrogen and oxygen atoms in total. The fraction of sp³-hybridized carbons (Fsp3) is 0.286. The molecule has 2 aromatic rings. The van der Waals surface area contributed by atoms with E-state index in [2.05, 4.69) is 42.5 Å². The van der Waals surface area contributed by atoms with Gasteiger partial charge in [0.15, 0.2) is 0 Å². The summed E-state index contributed by atoms with van der Waals surface area (Å²) < 4.78 is 12.1. The zero-order chi connectivity index (χ0) is 11.9. The van der Waals surface area contributed by atoms with E-state index in [1.165, 1.54) is 10.8 Å². The fourth-order valence-corrected chi connectivity index (χ4v) is 3.91. The van der Waals surface area contributed by atoms with Crippen LogP contribution in [0.15, 0.2) is 42.5 Å². The van der Waals surface area contributed by atoms with Crippen molar-refractivity contribution < 1.29 is 9.31 Å². The van der Waals surface area contributed by atoms with Crippen LogP contribution in [0, 0.1) is 0 Å². The molecular weight excluding hydrogens is 243 g/mol. The van der Waals surface area contributed by atoms with Crippen molar-refractivity contribution in [2.75, 3.05) is 11.5 Å². The molecule has 0 aliphatic carbocycles.